The van der Waals surface area contributed by atoms with Gasteiger partial charge in [0, 0.05) is 6.04 Å². The molecule has 6 heteroatoms. The van der Waals surface area contributed by atoms with Gasteiger partial charge in [0.25, 0.3) is 0 Å². The van der Waals surface area contributed by atoms with Gasteiger partial charge >= 0.3 is 5.97 Å². The number of aryl methyl sites for hydroxylation is 2. The molecule has 1 rings (SSSR count). The van der Waals surface area contributed by atoms with Crippen LogP contribution < -0.4 is 4.72 Å². The minimum absolute atomic E-state index is 0.00332. The minimum Gasteiger partial charge on any atom is -0.478 e. The second kappa shape index (κ2) is 6.19. The first kappa shape index (κ1) is 16.4. The van der Waals surface area contributed by atoms with Crippen molar-refractivity contribution in [1.29, 1.82) is 0 Å². The number of benzene rings is 1. The monoisotopic (exact) mass is 297 g/mol. The molecule has 0 aliphatic heterocycles. The molecule has 1 unspecified atom stereocenters. The topological polar surface area (TPSA) is 83.5 Å². The Labute approximate surface area is 119 Å². The van der Waals surface area contributed by atoms with Crippen LogP contribution in [0.1, 0.15) is 34.8 Å². The lowest BCUT2D eigenvalue weighted by molar-refractivity contribution is 0.0696. The van der Waals surface area contributed by atoms with Gasteiger partial charge in [-0.2, -0.15) is 0 Å². The van der Waals surface area contributed by atoms with Gasteiger partial charge in [0.2, 0.25) is 10.0 Å². The third-order valence-corrected chi connectivity index (χ3v) is 4.65. The van der Waals surface area contributed by atoms with E-state index in [1.54, 1.807) is 32.9 Å². The van der Waals surface area contributed by atoms with Crippen LogP contribution in [0, 0.1) is 13.8 Å². The summed E-state index contributed by atoms with van der Waals surface area (Å²) in [5.41, 5.74) is 1.05. The van der Waals surface area contributed by atoms with Crippen molar-refractivity contribution in [2.75, 3.05) is 0 Å². The molecule has 0 spiro atoms. The van der Waals surface area contributed by atoms with E-state index in [0.717, 1.165) is 0 Å². The minimum atomic E-state index is -3.75. The van der Waals surface area contributed by atoms with Crippen LogP contribution >= 0.6 is 0 Å². The maximum Gasteiger partial charge on any atom is 0.335 e. The molecule has 0 saturated heterocycles. The maximum atomic E-state index is 12.3. The zero-order valence-electron chi connectivity index (χ0n) is 11.8. The summed E-state index contributed by atoms with van der Waals surface area (Å²) in [6.07, 6.45) is 2.12. The van der Waals surface area contributed by atoms with Crippen LogP contribution in [0.15, 0.2) is 29.7 Å². The van der Waals surface area contributed by atoms with Gasteiger partial charge in [0.05, 0.1) is 10.5 Å². The number of carboxylic acid groups (broad SMARTS) is 1. The highest BCUT2D eigenvalue weighted by Crippen LogP contribution is 2.21. The van der Waals surface area contributed by atoms with Gasteiger partial charge in [-0.05, 0) is 44.4 Å². The Morgan fingerprint density at radius 3 is 2.50 bits per heavy atom. The standard InChI is InChI=1S/C14H19NO4S/c1-5-6-11(4)15-20(18,19)13-8-12(14(16)17)9(2)7-10(13)3/h5,7-8,11,15H,1,6H2,2-4H3,(H,16,17). The van der Waals surface area contributed by atoms with E-state index in [-0.39, 0.29) is 16.5 Å². The number of aromatic carboxylic acids is 1. The van der Waals surface area contributed by atoms with Gasteiger partial charge in [0.15, 0.2) is 0 Å². The summed E-state index contributed by atoms with van der Waals surface area (Å²) in [5, 5.41) is 9.08. The third-order valence-electron chi connectivity index (χ3n) is 2.92. The molecule has 1 aromatic rings. The Morgan fingerprint density at radius 1 is 1.40 bits per heavy atom. The Hall–Kier alpha value is -1.66. The third kappa shape index (κ3) is 3.68. The molecule has 0 aromatic heterocycles. The molecule has 0 bridgehead atoms. The van der Waals surface area contributed by atoms with Crippen molar-refractivity contribution in [3.05, 3.63) is 41.5 Å². The van der Waals surface area contributed by atoms with Crippen LogP contribution in [0.3, 0.4) is 0 Å². The highest BCUT2D eigenvalue weighted by molar-refractivity contribution is 7.89. The normalized spacial score (nSPS) is 12.9. The number of hydrogen-bond acceptors (Lipinski definition) is 3. The van der Waals surface area contributed by atoms with Crippen LogP contribution in [0.4, 0.5) is 0 Å². The average Bonchev–Trinajstić information content (AvgIpc) is 2.27. The van der Waals surface area contributed by atoms with E-state index < -0.39 is 16.0 Å². The Bertz CT molecular complexity index is 635. The smallest absolute Gasteiger partial charge is 0.335 e. The predicted octanol–water partition coefficient (Wildman–Crippen LogP) is 2.24. The summed E-state index contributed by atoms with van der Waals surface area (Å²) >= 11 is 0. The molecular weight excluding hydrogens is 278 g/mol. The summed E-state index contributed by atoms with van der Waals surface area (Å²) in [6.45, 7) is 8.56. The summed E-state index contributed by atoms with van der Waals surface area (Å²) in [5.74, 6) is -1.14. The second-order valence-electron chi connectivity index (χ2n) is 4.78. The van der Waals surface area contributed by atoms with E-state index in [2.05, 4.69) is 11.3 Å². The van der Waals surface area contributed by atoms with Crippen molar-refractivity contribution in [3.63, 3.8) is 0 Å². The summed E-state index contributed by atoms with van der Waals surface area (Å²) in [7, 11) is -3.75. The summed E-state index contributed by atoms with van der Waals surface area (Å²) < 4.78 is 27.1. The van der Waals surface area contributed by atoms with Gasteiger partial charge in [-0.3, -0.25) is 0 Å². The number of carbonyl (C=O) groups is 1. The summed E-state index contributed by atoms with van der Waals surface area (Å²) in [6, 6.07) is 2.47. The molecule has 110 valence electrons. The van der Waals surface area contributed by atoms with E-state index in [1.807, 2.05) is 0 Å². The molecule has 0 fully saturated rings. The molecule has 1 aromatic carbocycles. The zero-order chi connectivity index (χ0) is 15.5. The first-order valence-electron chi connectivity index (χ1n) is 6.16. The molecule has 1 atom stereocenters. The predicted molar refractivity (Wildman–Crippen MR) is 77.5 cm³/mol. The molecule has 0 amide bonds. The van der Waals surface area contributed by atoms with Crippen molar-refractivity contribution >= 4 is 16.0 Å². The molecule has 20 heavy (non-hydrogen) atoms. The Morgan fingerprint density at radius 2 is 2.00 bits per heavy atom. The van der Waals surface area contributed by atoms with Gasteiger partial charge < -0.3 is 5.11 Å². The van der Waals surface area contributed by atoms with E-state index in [1.165, 1.54) is 6.07 Å². The Balaban J connectivity index is 3.28. The first-order valence-corrected chi connectivity index (χ1v) is 7.65. The van der Waals surface area contributed by atoms with Crippen LogP contribution in [-0.4, -0.2) is 25.5 Å². The van der Waals surface area contributed by atoms with Crippen molar-refractivity contribution in [1.82, 2.24) is 4.72 Å². The molecule has 0 heterocycles. The van der Waals surface area contributed by atoms with E-state index in [9.17, 15) is 13.2 Å². The second-order valence-corrected chi connectivity index (χ2v) is 6.47. The van der Waals surface area contributed by atoms with Gasteiger partial charge in [-0.1, -0.05) is 12.1 Å². The number of rotatable bonds is 6. The van der Waals surface area contributed by atoms with Gasteiger partial charge in [-0.25, -0.2) is 17.9 Å². The highest BCUT2D eigenvalue weighted by Gasteiger charge is 2.22. The zero-order valence-corrected chi connectivity index (χ0v) is 12.6. The molecule has 0 aliphatic carbocycles. The van der Waals surface area contributed by atoms with Crippen molar-refractivity contribution in [2.45, 2.75) is 38.1 Å². The highest BCUT2D eigenvalue weighted by atomic mass is 32.2. The van der Waals surface area contributed by atoms with E-state index in [0.29, 0.717) is 17.5 Å². The van der Waals surface area contributed by atoms with E-state index in [4.69, 9.17) is 5.11 Å². The molecule has 5 nitrogen and oxygen atoms in total. The lowest BCUT2D eigenvalue weighted by atomic mass is 10.1. The number of sulfonamides is 1. The fourth-order valence-electron chi connectivity index (χ4n) is 1.98. The number of carboxylic acids is 1. The largest absolute Gasteiger partial charge is 0.478 e. The van der Waals surface area contributed by atoms with Crippen LogP contribution in [0.5, 0.6) is 0 Å². The van der Waals surface area contributed by atoms with Crippen LogP contribution in [-0.2, 0) is 10.0 Å². The molecule has 2 N–H and O–H groups in total. The number of nitrogens with one attached hydrogen (secondary N) is 1. The molecule has 0 radical (unpaired) electrons. The summed E-state index contributed by atoms with van der Waals surface area (Å²) in [4.78, 5) is 11.1. The van der Waals surface area contributed by atoms with E-state index >= 15 is 0 Å². The molecular formula is C14H19NO4S. The van der Waals surface area contributed by atoms with Gasteiger partial charge in [-0.15, -0.1) is 6.58 Å². The molecule has 0 aliphatic rings. The van der Waals surface area contributed by atoms with Crippen molar-refractivity contribution < 1.29 is 18.3 Å². The first-order chi connectivity index (χ1) is 9.19. The quantitative estimate of drug-likeness (QED) is 0.789. The Kier molecular flexibility index (Phi) is 5.08. The fraction of sp³-hybridized carbons (Fsp3) is 0.357. The van der Waals surface area contributed by atoms with Crippen molar-refractivity contribution in [2.24, 2.45) is 0 Å². The van der Waals surface area contributed by atoms with Crippen LogP contribution in [0.2, 0.25) is 0 Å². The average molecular weight is 297 g/mol. The molecule has 0 saturated carbocycles. The lowest BCUT2D eigenvalue weighted by Crippen LogP contribution is -2.32. The maximum absolute atomic E-state index is 12.3. The van der Waals surface area contributed by atoms with Gasteiger partial charge in [0.1, 0.15) is 0 Å². The number of hydrogen-bond donors (Lipinski definition) is 2. The fourth-order valence-corrected chi connectivity index (χ4v) is 3.49. The van der Waals surface area contributed by atoms with Crippen molar-refractivity contribution in [3.8, 4) is 0 Å². The lowest BCUT2D eigenvalue weighted by Gasteiger charge is -2.15. The SMILES string of the molecule is C=CCC(C)NS(=O)(=O)c1cc(C(=O)O)c(C)cc1C. The van der Waals surface area contributed by atoms with Crippen LogP contribution in [0.25, 0.3) is 0 Å².